The third kappa shape index (κ3) is 5.59. The summed E-state index contributed by atoms with van der Waals surface area (Å²) in [4.78, 5) is 26.7. The lowest BCUT2D eigenvalue weighted by Crippen LogP contribution is -2.46. The third-order valence-corrected chi connectivity index (χ3v) is 6.33. The van der Waals surface area contributed by atoms with Crippen LogP contribution in [0, 0.1) is 5.82 Å². The number of amides is 2. The van der Waals surface area contributed by atoms with Crippen molar-refractivity contribution in [2.75, 3.05) is 31.5 Å². The molecule has 2 aromatic carbocycles. The molecule has 1 saturated heterocycles. The van der Waals surface area contributed by atoms with Crippen molar-refractivity contribution >= 4 is 27.5 Å². The van der Waals surface area contributed by atoms with E-state index in [4.69, 9.17) is 4.74 Å². The molecule has 1 atom stereocenters. The van der Waals surface area contributed by atoms with E-state index < -0.39 is 21.9 Å². The van der Waals surface area contributed by atoms with Crippen LogP contribution < -0.4 is 10.0 Å². The number of hydrogen-bond donors (Lipinski definition) is 2. The minimum atomic E-state index is -3.89. The fourth-order valence-corrected chi connectivity index (χ4v) is 4.41. The standard InChI is InChI=1S/C21H24FN3O5S/c1-30-14-12-23-20(26)19-3-2-13-25(19)21(27)15-4-8-17(9-5-15)24-31(28,29)18-10-6-16(22)7-11-18/h4-11,19,24H,2-3,12-14H2,1H3,(H,23,26). The largest absolute Gasteiger partial charge is 0.383 e. The number of nitrogens with zero attached hydrogens (tertiary/aromatic N) is 1. The van der Waals surface area contributed by atoms with E-state index in [-0.39, 0.29) is 22.4 Å². The van der Waals surface area contributed by atoms with Gasteiger partial charge in [-0.3, -0.25) is 14.3 Å². The topological polar surface area (TPSA) is 105 Å². The van der Waals surface area contributed by atoms with Crippen molar-refractivity contribution in [2.45, 2.75) is 23.8 Å². The Morgan fingerprint density at radius 3 is 2.45 bits per heavy atom. The highest BCUT2D eigenvalue weighted by Crippen LogP contribution is 2.22. The first-order chi connectivity index (χ1) is 14.8. The summed E-state index contributed by atoms with van der Waals surface area (Å²) in [6.07, 6.45) is 1.31. The molecule has 0 saturated carbocycles. The Bertz CT molecular complexity index is 1030. The van der Waals surface area contributed by atoms with Gasteiger partial charge >= 0.3 is 0 Å². The molecule has 2 amide bonds. The average molecular weight is 450 g/mol. The van der Waals surface area contributed by atoms with Gasteiger partial charge in [0.05, 0.1) is 11.5 Å². The van der Waals surface area contributed by atoms with Gasteiger partial charge in [-0.1, -0.05) is 0 Å². The minimum Gasteiger partial charge on any atom is -0.383 e. The highest BCUT2D eigenvalue weighted by molar-refractivity contribution is 7.92. The number of carbonyl (C=O) groups excluding carboxylic acids is 2. The first-order valence-corrected chi connectivity index (χ1v) is 11.3. The third-order valence-electron chi connectivity index (χ3n) is 4.93. The van der Waals surface area contributed by atoms with Gasteiger partial charge in [0.25, 0.3) is 15.9 Å². The Morgan fingerprint density at radius 2 is 1.81 bits per heavy atom. The van der Waals surface area contributed by atoms with Crippen LogP contribution in [0.4, 0.5) is 10.1 Å². The lowest BCUT2D eigenvalue weighted by atomic mass is 10.1. The summed E-state index contributed by atoms with van der Waals surface area (Å²) in [5.74, 6) is -1.04. The highest BCUT2D eigenvalue weighted by atomic mass is 32.2. The maximum atomic E-state index is 13.0. The predicted octanol–water partition coefficient (Wildman–Crippen LogP) is 1.99. The van der Waals surface area contributed by atoms with Crippen LogP contribution >= 0.6 is 0 Å². The van der Waals surface area contributed by atoms with Crippen molar-refractivity contribution in [3.8, 4) is 0 Å². The second kappa shape index (κ2) is 9.88. The van der Waals surface area contributed by atoms with Crippen LogP contribution in [0.5, 0.6) is 0 Å². The molecule has 2 aromatic rings. The summed E-state index contributed by atoms with van der Waals surface area (Å²) >= 11 is 0. The summed E-state index contributed by atoms with van der Waals surface area (Å²) in [6.45, 7) is 1.23. The minimum absolute atomic E-state index is 0.0755. The molecule has 31 heavy (non-hydrogen) atoms. The zero-order valence-corrected chi connectivity index (χ0v) is 17.8. The molecule has 10 heteroatoms. The first-order valence-electron chi connectivity index (χ1n) is 9.78. The Kier molecular flexibility index (Phi) is 7.24. The van der Waals surface area contributed by atoms with Gasteiger partial charge in [0.2, 0.25) is 5.91 Å². The average Bonchev–Trinajstić information content (AvgIpc) is 3.24. The number of benzene rings is 2. The van der Waals surface area contributed by atoms with E-state index in [0.717, 1.165) is 18.6 Å². The van der Waals surface area contributed by atoms with E-state index in [1.807, 2.05) is 0 Å². The number of nitrogens with one attached hydrogen (secondary N) is 2. The highest BCUT2D eigenvalue weighted by Gasteiger charge is 2.34. The van der Waals surface area contributed by atoms with E-state index in [0.29, 0.717) is 31.7 Å². The number of ether oxygens (including phenoxy) is 1. The molecule has 0 aliphatic carbocycles. The van der Waals surface area contributed by atoms with Gasteiger partial charge in [-0.25, -0.2) is 12.8 Å². The van der Waals surface area contributed by atoms with Crippen LogP contribution in [0.15, 0.2) is 53.4 Å². The lowest BCUT2D eigenvalue weighted by Gasteiger charge is -2.24. The van der Waals surface area contributed by atoms with Crippen LogP contribution in [-0.2, 0) is 19.6 Å². The number of carbonyl (C=O) groups is 2. The summed E-state index contributed by atoms with van der Waals surface area (Å²) in [7, 11) is -2.34. The molecule has 0 aromatic heterocycles. The molecule has 0 bridgehead atoms. The Hall–Kier alpha value is -2.98. The molecule has 1 fully saturated rings. The Labute approximate surface area is 180 Å². The zero-order valence-electron chi connectivity index (χ0n) is 17.0. The molecule has 1 heterocycles. The van der Waals surface area contributed by atoms with Crippen molar-refractivity contribution in [1.29, 1.82) is 0 Å². The number of rotatable bonds is 8. The second-order valence-electron chi connectivity index (χ2n) is 7.08. The van der Waals surface area contributed by atoms with Gasteiger partial charge in [-0.15, -0.1) is 0 Å². The van der Waals surface area contributed by atoms with Crippen molar-refractivity contribution in [3.63, 3.8) is 0 Å². The molecule has 0 radical (unpaired) electrons. The van der Waals surface area contributed by atoms with Crippen molar-refractivity contribution in [3.05, 3.63) is 59.9 Å². The van der Waals surface area contributed by atoms with E-state index in [1.54, 1.807) is 7.11 Å². The fourth-order valence-electron chi connectivity index (χ4n) is 3.35. The van der Waals surface area contributed by atoms with Crippen LogP contribution in [-0.4, -0.2) is 58.0 Å². The van der Waals surface area contributed by atoms with E-state index >= 15 is 0 Å². The van der Waals surface area contributed by atoms with Gasteiger partial charge in [0.15, 0.2) is 0 Å². The van der Waals surface area contributed by atoms with Crippen LogP contribution in [0.1, 0.15) is 23.2 Å². The molecule has 166 valence electrons. The molecular formula is C21H24FN3O5S. The van der Waals surface area contributed by atoms with Crippen LogP contribution in [0.25, 0.3) is 0 Å². The molecule has 8 nitrogen and oxygen atoms in total. The van der Waals surface area contributed by atoms with Crippen LogP contribution in [0.2, 0.25) is 0 Å². The molecular weight excluding hydrogens is 425 g/mol. The van der Waals surface area contributed by atoms with E-state index in [9.17, 15) is 22.4 Å². The van der Waals surface area contributed by atoms with Crippen molar-refractivity contribution in [2.24, 2.45) is 0 Å². The maximum Gasteiger partial charge on any atom is 0.261 e. The number of methoxy groups -OCH3 is 1. The van der Waals surface area contributed by atoms with Crippen LogP contribution in [0.3, 0.4) is 0 Å². The number of halogens is 1. The normalized spacial score (nSPS) is 16.2. The molecule has 1 aliphatic rings. The summed E-state index contributed by atoms with van der Waals surface area (Å²) in [5.41, 5.74) is 0.609. The summed E-state index contributed by atoms with van der Waals surface area (Å²) < 4.78 is 45.1. The molecule has 2 N–H and O–H groups in total. The Morgan fingerprint density at radius 1 is 1.13 bits per heavy atom. The number of likely N-dealkylation sites (tertiary alicyclic amines) is 1. The van der Waals surface area contributed by atoms with Gasteiger partial charge < -0.3 is 15.0 Å². The lowest BCUT2D eigenvalue weighted by molar-refractivity contribution is -0.125. The van der Waals surface area contributed by atoms with Crippen molar-refractivity contribution < 1.29 is 27.1 Å². The first kappa shape index (κ1) is 22.7. The molecule has 1 aliphatic heterocycles. The second-order valence-corrected chi connectivity index (χ2v) is 8.76. The number of anilines is 1. The molecule has 0 spiro atoms. The zero-order chi connectivity index (χ0) is 22.4. The quantitative estimate of drug-likeness (QED) is 0.600. The van der Waals surface area contributed by atoms with E-state index in [2.05, 4.69) is 10.0 Å². The van der Waals surface area contributed by atoms with E-state index in [1.165, 1.54) is 41.3 Å². The van der Waals surface area contributed by atoms with Gasteiger partial charge in [-0.05, 0) is 61.4 Å². The monoisotopic (exact) mass is 449 g/mol. The molecule has 3 rings (SSSR count). The molecule has 1 unspecified atom stereocenters. The van der Waals surface area contributed by atoms with Gasteiger partial charge in [0.1, 0.15) is 11.9 Å². The predicted molar refractivity (Wildman–Crippen MR) is 113 cm³/mol. The number of hydrogen-bond acceptors (Lipinski definition) is 5. The summed E-state index contributed by atoms with van der Waals surface area (Å²) in [6, 6.07) is 9.87. The SMILES string of the molecule is COCCNC(=O)C1CCCN1C(=O)c1ccc(NS(=O)(=O)c2ccc(F)cc2)cc1. The van der Waals surface area contributed by atoms with Gasteiger partial charge in [-0.2, -0.15) is 0 Å². The van der Waals surface area contributed by atoms with Crippen molar-refractivity contribution in [1.82, 2.24) is 10.2 Å². The Balaban J connectivity index is 1.67. The fraction of sp³-hybridized carbons (Fsp3) is 0.333. The smallest absolute Gasteiger partial charge is 0.261 e. The summed E-state index contributed by atoms with van der Waals surface area (Å²) in [5, 5.41) is 2.76. The maximum absolute atomic E-state index is 13.0. The number of sulfonamides is 1. The van der Waals surface area contributed by atoms with Gasteiger partial charge in [0, 0.05) is 31.5 Å².